The molecule has 0 aliphatic heterocycles. The summed E-state index contributed by atoms with van der Waals surface area (Å²) in [5.74, 6) is 0.474. The van der Waals surface area contributed by atoms with Gasteiger partial charge in [-0.2, -0.15) is 26.7 Å². The zero-order valence-corrected chi connectivity index (χ0v) is 11.4. The second-order valence-electron chi connectivity index (χ2n) is 4.01. The molecule has 1 aliphatic rings. The number of methoxy groups -OCH3 is 1. The molecule has 0 spiro atoms. The number of anilines is 1. The van der Waals surface area contributed by atoms with Crippen LogP contribution in [-0.4, -0.2) is 39.6 Å². The molecule has 0 bridgehead atoms. The summed E-state index contributed by atoms with van der Waals surface area (Å²) < 4.78 is 5.27. The van der Waals surface area contributed by atoms with Crippen molar-refractivity contribution < 1.29 is 4.74 Å². The molecule has 1 aromatic heterocycles. The van der Waals surface area contributed by atoms with Crippen LogP contribution in [0.25, 0.3) is 0 Å². The number of ether oxygens (including phenoxy) is 1. The Labute approximate surface area is 110 Å². The van der Waals surface area contributed by atoms with Crippen molar-refractivity contribution in [3.63, 3.8) is 0 Å². The Morgan fingerprint density at radius 2 is 2.18 bits per heavy atom. The van der Waals surface area contributed by atoms with Gasteiger partial charge in [0.25, 0.3) is 0 Å². The minimum absolute atomic E-state index is 0.145. The van der Waals surface area contributed by atoms with Crippen LogP contribution < -0.4 is 10.1 Å². The van der Waals surface area contributed by atoms with Gasteiger partial charge in [-0.1, -0.05) is 6.42 Å². The molecule has 0 radical (unpaired) electrons. The summed E-state index contributed by atoms with van der Waals surface area (Å²) in [6.45, 7) is 0.845. The van der Waals surface area contributed by atoms with E-state index in [-0.39, 0.29) is 11.3 Å². The van der Waals surface area contributed by atoms with Crippen molar-refractivity contribution in [3.8, 4) is 6.01 Å². The van der Waals surface area contributed by atoms with Gasteiger partial charge in [0.05, 0.1) is 7.11 Å². The number of nitrogens with one attached hydrogen (secondary N) is 1. The summed E-state index contributed by atoms with van der Waals surface area (Å²) in [4.78, 5) is 11.9. The van der Waals surface area contributed by atoms with Crippen LogP contribution in [0.1, 0.15) is 19.3 Å². The molecule has 1 aliphatic carbocycles. The largest absolute Gasteiger partial charge is 0.467 e. The molecule has 1 aromatic rings. The average Bonchev–Trinajstić information content (AvgIpc) is 2.27. The third kappa shape index (κ3) is 2.93. The van der Waals surface area contributed by atoms with Gasteiger partial charge < -0.3 is 10.1 Å². The lowest BCUT2D eigenvalue weighted by Gasteiger charge is -2.40. The van der Waals surface area contributed by atoms with Gasteiger partial charge in [-0.3, -0.25) is 0 Å². The smallest absolute Gasteiger partial charge is 0.322 e. The van der Waals surface area contributed by atoms with E-state index in [2.05, 4.69) is 26.5 Å². The summed E-state index contributed by atoms with van der Waals surface area (Å²) in [6.07, 6.45) is 5.90. The van der Waals surface area contributed by atoms with E-state index in [0.29, 0.717) is 10.7 Å². The maximum absolute atomic E-state index is 5.77. The lowest BCUT2D eigenvalue weighted by molar-refractivity contribution is 0.373. The Morgan fingerprint density at radius 1 is 1.41 bits per heavy atom. The van der Waals surface area contributed by atoms with Gasteiger partial charge in [-0.05, 0) is 30.7 Å². The predicted octanol–water partition coefficient (Wildman–Crippen LogP) is 2.23. The number of nitrogens with zero attached hydrogens (tertiary/aromatic N) is 3. The molecule has 1 fully saturated rings. The Hall–Kier alpha value is -0.750. The summed E-state index contributed by atoms with van der Waals surface area (Å²) in [7, 11) is 1.50. The Kier molecular flexibility index (Phi) is 3.93. The van der Waals surface area contributed by atoms with E-state index in [1.54, 1.807) is 0 Å². The second-order valence-corrected chi connectivity index (χ2v) is 5.62. The van der Waals surface area contributed by atoms with Crippen LogP contribution in [0.4, 0.5) is 5.95 Å². The zero-order chi connectivity index (χ0) is 12.3. The van der Waals surface area contributed by atoms with Crippen LogP contribution in [-0.2, 0) is 0 Å². The van der Waals surface area contributed by atoms with Gasteiger partial charge >= 0.3 is 6.01 Å². The lowest BCUT2D eigenvalue weighted by atomic mass is 9.84. The van der Waals surface area contributed by atoms with Gasteiger partial charge in [-0.25, -0.2) is 0 Å². The van der Waals surface area contributed by atoms with E-state index in [4.69, 9.17) is 16.3 Å². The van der Waals surface area contributed by atoms with Gasteiger partial charge in [0.2, 0.25) is 11.2 Å². The average molecular weight is 275 g/mol. The molecule has 1 heterocycles. The van der Waals surface area contributed by atoms with E-state index in [9.17, 15) is 0 Å². The number of hydrogen-bond donors (Lipinski definition) is 1. The van der Waals surface area contributed by atoms with Crippen LogP contribution in [0.3, 0.4) is 0 Å². The second kappa shape index (κ2) is 5.27. The quantitative estimate of drug-likeness (QED) is 0.889. The molecule has 0 unspecified atom stereocenters. The van der Waals surface area contributed by atoms with Crippen molar-refractivity contribution in [1.82, 2.24) is 15.0 Å². The number of hydrogen-bond acceptors (Lipinski definition) is 6. The Bertz CT molecular complexity index is 394. The van der Waals surface area contributed by atoms with Gasteiger partial charge in [-0.15, -0.1) is 0 Å². The molecule has 0 atom stereocenters. The van der Waals surface area contributed by atoms with Crippen molar-refractivity contribution in [2.45, 2.75) is 24.0 Å². The van der Waals surface area contributed by atoms with E-state index in [0.717, 1.165) is 6.54 Å². The normalized spacial score (nSPS) is 17.4. The maximum Gasteiger partial charge on any atom is 0.322 e. The molecule has 94 valence electrons. The number of halogens is 1. The van der Waals surface area contributed by atoms with Gasteiger partial charge in [0, 0.05) is 11.3 Å². The molecule has 0 saturated heterocycles. The first-order valence-corrected chi connectivity index (χ1v) is 7.02. The van der Waals surface area contributed by atoms with E-state index in [1.807, 2.05) is 11.8 Å². The molecule has 17 heavy (non-hydrogen) atoms. The van der Waals surface area contributed by atoms with Crippen molar-refractivity contribution >= 4 is 29.3 Å². The molecule has 0 amide bonds. The highest BCUT2D eigenvalue weighted by Crippen LogP contribution is 2.42. The summed E-state index contributed by atoms with van der Waals surface area (Å²) >= 11 is 7.67. The highest BCUT2D eigenvalue weighted by atomic mass is 35.5. The summed E-state index contributed by atoms with van der Waals surface area (Å²) in [5, 5.41) is 3.35. The summed E-state index contributed by atoms with van der Waals surface area (Å²) in [6, 6.07) is 0.235. The van der Waals surface area contributed by atoms with Crippen LogP contribution in [0, 0.1) is 0 Å². The number of thioether (sulfide) groups is 1. The summed E-state index contributed by atoms with van der Waals surface area (Å²) in [5.41, 5.74) is 0. The molecular weight excluding hydrogens is 260 g/mol. The SMILES string of the molecule is COc1nc(Cl)nc(NCC2(SC)CCC2)n1. The van der Waals surface area contributed by atoms with Crippen molar-refractivity contribution in [1.29, 1.82) is 0 Å². The van der Waals surface area contributed by atoms with E-state index >= 15 is 0 Å². The van der Waals surface area contributed by atoms with E-state index in [1.165, 1.54) is 26.4 Å². The van der Waals surface area contributed by atoms with Crippen LogP contribution in [0.15, 0.2) is 0 Å². The molecule has 0 aromatic carbocycles. The van der Waals surface area contributed by atoms with Crippen molar-refractivity contribution in [2.24, 2.45) is 0 Å². The molecule has 1 N–H and O–H groups in total. The predicted molar refractivity (Wildman–Crippen MR) is 70.0 cm³/mol. The Balaban J connectivity index is 2.01. The lowest BCUT2D eigenvalue weighted by Crippen LogP contribution is -2.40. The van der Waals surface area contributed by atoms with Crippen LogP contribution in [0.2, 0.25) is 5.28 Å². The highest BCUT2D eigenvalue weighted by Gasteiger charge is 2.36. The monoisotopic (exact) mass is 274 g/mol. The first-order chi connectivity index (χ1) is 8.17. The number of rotatable bonds is 5. The minimum Gasteiger partial charge on any atom is -0.467 e. The van der Waals surface area contributed by atoms with Gasteiger partial charge in [0.1, 0.15) is 0 Å². The fraction of sp³-hybridized carbons (Fsp3) is 0.700. The third-order valence-electron chi connectivity index (χ3n) is 3.04. The zero-order valence-electron chi connectivity index (χ0n) is 9.86. The molecule has 7 heteroatoms. The topological polar surface area (TPSA) is 59.9 Å². The molecular formula is C10H15ClN4OS. The fourth-order valence-corrected chi connectivity index (χ4v) is 2.83. The first-order valence-electron chi connectivity index (χ1n) is 5.42. The minimum atomic E-state index is 0.145. The van der Waals surface area contributed by atoms with Crippen molar-refractivity contribution in [2.75, 3.05) is 25.2 Å². The standard InChI is InChI=1S/C10H15ClN4OS/c1-16-9-14-7(11)13-8(15-9)12-6-10(17-2)4-3-5-10/h3-6H2,1-2H3,(H,12,13,14,15). The van der Waals surface area contributed by atoms with Gasteiger partial charge in [0.15, 0.2) is 0 Å². The molecule has 2 rings (SSSR count). The number of aromatic nitrogens is 3. The van der Waals surface area contributed by atoms with Crippen molar-refractivity contribution in [3.05, 3.63) is 5.28 Å². The van der Waals surface area contributed by atoms with Crippen LogP contribution >= 0.6 is 23.4 Å². The molecule has 5 nitrogen and oxygen atoms in total. The first kappa shape index (κ1) is 12.7. The van der Waals surface area contributed by atoms with Crippen LogP contribution in [0.5, 0.6) is 6.01 Å². The Morgan fingerprint density at radius 3 is 2.71 bits per heavy atom. The highest BCUT2D eigenvalue weighted by molar-refractivity contribution is 8.00. The van der Waals surface area contributed by atoms with E-state index < -0.39 is 0 Å². The molecule has 1 saturated carbocycles. The maximum atomic E-state index is 5.77. The third-order valence-corrected chi connectivity index (χ3v) is 4.62. The fourth-order valence-electron chi connectivity index (χ4n) is 1.77.